The van der Waals surface area contributed by atoms with Gasteiger partial charge in [0.1, 0.15) is 18.5 Å². The molecule has 0 saturated heterocycles. The predicted octanol–water partition coefficient (Wildman–Crippen LogP) is 2.78. The van der Waals surface area contributed by atoms with Crippen LogP contribution < -0.4 is 14.8 Å². The lowest BCUT2D eigenvalue weighted by Gasteiger charge is -2.40. The fourth-order valence-electron chi connectivity index (χ4n) is 5.07. The molecule has 0 radical (unpaired) electrons. The van der Waals surface area contributed by atoms with Crippen molar-refractivity contribution < 1.29 is 34.1 Å². The minimum atomic E-state index is -1.22. The highest BCUT2D eigenvalue weighted by Gasteiger charge is 2.51. The molecule has 0 bridgehead atoms. The smallest absolute Gasteiger partial charge is 0.247 e. The van der Waals surface area contributed by atoms with Gasteiger partial charge in [0.05, 0.1) is 25.7 Å². The fourth-order valence-corrected chi connectivity index (χ4v) is 5.20. The Morgan fingerprint density at radius 3 is 2.64 bits per heavy atom. The molecular formula is C29H31ClN2O7. The number of amides is 2. The Morgan fingerprint density at radius 1 is 1.26 bits per heavy atom. The van der Waals surface area contributed by atoms with Crippen molar-refractivity contribution >= 4 is 29.7 Å². The Bertz CT molecular complexity index is 1280. The number of hydrogen-bond acceptors (Lipinski definition) is 7. The van der Waals surface area contributed by atoms with Crippen LogP contribution in [0.15, 0.2) is 60.7 Å². The van der Waals surface area contributed by atoms with Gasteiger partial charge in [0.2, 0.25) is 11.8 Å². The molecule has 39 heavy (non-hydrogen) atoms. The number of ether oxygens (including phenoxy) is 2. The van der Waals surface area contributed by atoms with E-state index in [1.165, 1.54) is 18.1 Å². The molecule has 206 valence electrons. The van der Waals surface area contributed by atoms with E-state index in [1.807, 2.05) is 0 Å². The van der Waals surface area contributed by atoms with Gasteiger partial charge in [0, 0.05) is 41.2 Å². The first-order valence-corrected chi connectivity index (χ1v) is 13.0. The minimum absolute atomic E-state index is 0.0128. The summed E-state index contributed by atoms with van der Waals surface area (Å²) in [6, 6.07) is 9.23. The lowest BCUT2D eigenvalue weighted by Crippen LogP contribution is -2.55. The summed E-state index contributed by atoms with van der Waals surface area (Å²) in [5.41, 5.74) is 1.88. The zero-order valence-corrected chi connectivity index (χ0v) is 22.3. The van der Waals surface area contributed by atoms with Crippen LogP contribution in [0.2, 0.25) is 5.02 Å². The Labute approximate surface area is 231 Å². The molecule has 1 aliphatic carbocycles. The van der Waals surface area contributed by atoms with E-state index >= 15 is 0 Å². The summed E-state index contributed by atoms with van der Waals surface area (Å²) in [6.45, 7) is 3.60. The number of aldehydes is 1. The van der Waals surface area contributed by atoms with E-state index in [-0.39, 0.29) is 37.6 Å². The summed E-state index contributed by atoms with van der Waals surface area (Å²) in [6.07, 6.45) is 2.32. The molecule has 4 rings (SSSR count). The van der Waals surface area contributed by atoms with Crippen LogP contribution in [0, 0.1) is 0 Å². The molecule has 2 aliphatic rings. The summed E-state index contributed by atoms with van der Waals surface area (Å²) in [5, 5.41) is 24.2. The van der Waals surface area contributed by atoms with Crippen LogP contribution in [0.4, 0.5) is 0 Å². The van der Waals surface area contributed by atoms with Crippen molar-refractivity contribution in [3.63, 3.8) is 0 Å². The molecule has 0 spiro atoms. The zero-order chi connectivity index (χ0) is 28.1. The van der Waals surface area contributed by atoms with E-state index in [9.17, 15) is 24.6 Å². The average molecular weight is 555 g/mol. The second kappa shape index (κ2) is 12.5. The Kier molecular flexibility index (Phi) is 9.06. The van der Waals surface area contributed by atoms with Gasteiger partial charge >= 0.3 is 0 Å². The highest BCUT2D eigenvalue weighted by Crippen LogP contribution is 2.51. The van der Waals surface area contributed by atoms with Crippen LogP contribution in [0.25, 0.3) is 0 Å². The number of aliphatic hydroxyl groups is 2. The average Bonchev–Trinajstić information content (AvgIpc) is 3.34. The maximum Gasteiger partial charge on any atom is 0.247 e. The third kappa shape index (κ3) is 5.85. The van der Waals surface area contributed by atoms with Crippen LogP contribution in [-0.2, 0) is 16.1 Å². The number of halogens is 1. The van der Waals surface area contributed by atoms with Crippen molar-refractivity contribution in [2.45, 2.75) is 43.6 Å². The molecule has 1 aliphatic heterocycles. The number of hydrogen-bond donors (Lipinski definition) is 3. The van der Waals surface area contributed by atoms with E-state index in [2.05, 4.69) is 11.9 Å². The van der Waals surface area contributed by atoms with Crippen molar-refractivity contribution in [1.29, 1.82) is 0 Å². The first-order chi connectivity index (χ1) is 18.8. The molecule has 10 heteroatoms. The van der Waals surface area contributed by atoms with Crippen LogP contribution >= 0.6 is 11.6 Å². The van der Waals surface area contributed by atoms with Gasteiger partial charge in [-0.15, -0.1) is 6.58 Å². The highest BCUT2D eigenvalue weighted by molar-refractivity contribution is 6.30. The number of fused-ring (bicyclic) bond motifs is 3. The molecule has 4 atom stereocenters. The SMILES string of the molecule is C=CCCC(=O)N(Cc1ccc(Cl)cc1)[C@@H]1C=C(C(=O)NCCO)[C@@H]2c3cc(C=O)cc(OC)c3O[C@@H]2[C@H]1O. The number of methoxy groups -OCH3 is 1. The maximum atomic E-state index is 13.4. The Morgan fingerprint density at radius 2 is 2.00 bits per heavy atom. The summed E-state index contributed by atoms with van der Waals surface area (Å²) >= 11 is 6.05. The van der Waals surface area contributed by atoms with Crippen LogP contribution in [-0.4, -0.2) is 71.7 Å². The van der Waals surface area contributed by atoms with Crippen molar-refractivity contribution in [1.82, 2.24) is 10.2 Å². The molecule has 0 unspecified atom stereocenters. The monoisotopic (exact) mass is 554 g/mol. The van der Waals surface area contributed by atoms with E-state index in [0.29, 0.717) is 40.4 Å². The summed E-state index contributed by atoms with van der Waals surface area (Å²) in [4.78, 5) is 40.0. The number of carbonyl (C=O) groups excluding carboxylic acids is 3. The second-order valence-electron chi connectivity index (χ2n) is 9.38. The number of nitrogens with one attached hydrogen (secondary N) is 1. The number of carbonyl (C=O) groups is 3. The predicted molar refractivity (Wildman–Crippen MR) is 145 cm³/mol. The van der Waals surface area contributed by atoms with Crippen LogP contribution in [0.3, 0.4) is 0 Å². The summed E-state index contributed by atoms with van der Waals surface area (Å²) in [7, 11) is 1.44. The lowest BCUT2D eigenvalue weighted by atomic mass is 9.77. The molecule has 9 nitrogen and oxygen atoms in total. The first-order valence-electron chi connectivity index (χ1n) is 12.6. The molecule has 1 heterocycles. The molecule has 3 N–H and O–H groups in total. The fraction of sp³-hybridized carbons (Fsp3) is 0.345. The van der Waals surface area contributed by atoms with E-state index < -0.39 is 30.1 Å². The largest absolute Gasteiger partial charge is 0.493 e. The van der Waals surface area contributed by atoms with Crippen LogP contribution in [0.5, 0.6) is 11.5 Å². The van der Waals surface area contributed by atoms with E-state index in [1.54, 1.807) is 42.5 Å². The quantitative estimate of drug-likeness (QED) is 0.288. The van der Waals surface area contributed by atoms with Crippen LogP contribution in [0.1, 0.15) is 40.2 Å². The van der Waals surface area contributed by atoms with Gasteiger partial charge in [0.15, 0.2) is 11.5 Å². The number of rotatable bonds is 11. The summed E-state index contributed by atoms with van der Waals surface area (Å²) < 4.78 is 11.6. The molecule has 2 aromatic carbocycles. The highest BCUT2D eigenvalue weighted by atomic mass is 35.5. The molecule has 2 aromatic rings. The van der Waals surface area contributed by atoms with E-state index in [4.69, 9.17) is 21.1 Å². The van der Waals surface area contributed by atoms with E-state index in [0.717, 1.165) is 5.56 Å². The van der Waals surface area contributed by atoms with Gasteiger partial charge < -0.3 is 29.9 Å². The van der Waals surface area contributed by atoms with Gasteiger partial charge in [-0.1, -0.05) is 29.8 Å². The van der Waals surface area contributed by atoms with Gasteiger partial charge in [0.25, 0.3) is 0 Å². The van der Waals surface area contributed by atoms with Gasteiger partial charge in [-0.2, -0.15) is 0 Å². The zero-order valence-electron chi connectivity index (χ0n) is 21.5. The Hall–Kier alpha value is -3.66. The molecule has 0 aromatic heterocycles. The third-order valence-corrected chi connectivity index (χ3v) is 7.17. The van der Waals surface area contributed by atoms with Gasteiger partial charge in [-0.25, -0.2) is 0 Å². The summed E-state index contributed by atoms with van der Waals surface area (Å²) in [5.74, 6) is -0.842. The maximum absolute atomic E-state index is 13.4. The van der Waals surface area contributed by atoms with Crippen molar-refractivity contribution in [3.8, 4) is 11.5 Å². The molecule has 0 saturated carbocycles. The van der Waals surface area contributed by atoms with Crippen molar-refractivity contribution in [2.75, 3.05) is 20.3 Å². The minimum Gasteiger partial charge on any atom is -0.493 e. The lowest BCUT2D eigenvalue weighted by molar-refractivity contribution is -0.138. The van der Waals surface area contributed by atoms with Crippen molar-refractivity contribution in [3.05, 3.63) is 82.4 Å². The van der Waals surface area contributed by atoms with Gasteiger partial charge in [-0.05, 0) is 42.3 Å². The molecule has 0 fully saturated rings. The third-order valence-electron chi connectivity index (χ3n) is 6.92. The number of nitrogens with zero attached hydrogens (tertiary/aromatic N) is 1. The van der Waals surface area contributed by atoms with Crippen molar-refractivity contribution in [2.24, 2.45) is 0 Å². The Balaban J connectivity index is 1.81. The number of benzene rings is 2. The normalized spacial score (nSPS) is 21.1. The topological polar surface area (TPSA) is 125 Å². The number of allylic oxidation sites excluding steroid dienone is 1. The number of aliphatic hydroxyl groups excluding tert-OH is 2. The standard InChI is InChI=1S/C29H31ClN2O7/c1-3-4-5-24(35)32(15-17-6-8-19(30)9-7-17)22-14-21(29(37)31-10-11-33)25-20-12-18(16-34)13-23(38-2)27(20)39-28(25)26(22)36/h3,6-9,12-14,16,22,25-26,28,33,36H,1,4-5,10-11,15H2,2H3,(H,31,37)/t22-,25+,26+,28+/m1/s1. The molecular weight excluding hydrogens is 524 g/mol. The van der Waals surface area contributed by atoms with Gasteiger partial charge in [-0.3, -0.25) is 14.4 Å². The second-order valence-corrected chi connectivity index (χ2v) is 9.81. The molecule has 2 amide bonds. The first kappa shape index (κ1) is 28.4.